The maximum atomic E-state index is 12.6. The summed E-state index contributed by atoms with van der Waals surface area (Å²) in [6.07, 6.45) is 0. The zero-order valence-corrected chi connectivity index (χ0v) is 13.9. The number of sulfonamides is 1. The van der Waals surface area contributed by atoms with Crippen molar-refractivity contribution in [2.24, 2.45) is 0 Å². The first kappa shape index (κ1) is 17.5. The predicted molar refractivity (Wildman–Crippen MR) is 83.4 cm³/mol. The van der Waals surface area contributed by atoms with E-state index in [1.54, 1.807) is 26.0 Å². The van der Waals surface area contributed by atoms with Crippen LogP contribution in [0.4, 0.5) is 5.69 Å². The van der Waals surface area contributed by atoms with Crippen LogP contribution in [0.25, 0.3) is 0 Å². The van der Waals surface area contributed by atoms with Crippen LogP contribution in [0.5, 0.6) is 0 Å². The van der Waals surface area contributed by atoms with Crippen LogP contribution in [0.2, 0.25) is 0 Å². The molecule has 0 aliphatic rings. The number of likely N-dealkylation sites (N-methyl/N-ethyl adjacent to an activating group) is 1. The third kappa shape index (κ3) is 4.18. The van der Waals surface area contributed by atoms with Gasteiger partial charge in [0, 0.05) is 18.8 Å². The molecule has 0 bridgehead atoms. The van der Waals surface area contributed by atoms with Crippen molar-refractivity contribution in [1.82, 2.24) is 9.62 Å². The van der Waals surface area contributed by atoms with Gasteiger partial charge in [0.1, 0.15) is 0 Å². The van der Waals surface area contributed by atoms with E-state index in [4.69, 9.17) is 5.73 Å². The molecule has 1 rings (SSSR count). The first-order chi connectivity index (χ1) is 9.55. The van der Waals surface area contributed by atoms with Crippen molar-refractivity contribution in [3.63, 3.8) is 0 Å². The van der Waals surface area contributed by atoms with E-state index in [0.29, 0.717) is 11.3 Å². The van der Waals surface area contributed by atoms with Crippen LogP contribution in [0.3, 0.4) is 0 Å². The van der Waals surface area contributed by atoms with Crippen LogP contribution in [-0.2, 0) is 14.8 Å². The van der Waals surface area contributed by atoms with Crippen molar-refractivity contribution in [1.29, 1.82) is 0 Å². The van der Waals surface area contributed by atoms with Crippen molar-refractivity contribution in [3.8, 4) is 0 Å². The largest absolute Gasteiger partial charge is 0.398 e. The Balaban J connectivity index is 3.09. The quantitative estimate of drug-likeness (QED) is 0.794. The molecule has 118 valence electrons. The number of rotatable bonds is 5. The molecule has 7 heteroatoms. The van der Waals surface area contributed by atoms with Crippen molar-refractivity contribution >= 4 is 21.6 Å². The molecule has 1 amide bonds. The monoisotopic (exact) mass is 313 g/mol. The molecule has 0 aliphatic carbocycles. The minimum absolute atomic E-state index is 0.0371. The van der Waals surface area contributed by atoms with Gasteiger partial charge >= 0.3 is 0 Å². The number of benzene rings is 1. The van der Waals surface area contributed by atoms with Crippen LogP contribution >= 0.6 is 0 Å². The van der Waals surface area contributed by atoms with Crippen LogP contribution in [0.15, 0.2) is 17.0 Å². The van der Waals surface area contributed by atoms with Gasteiger partial charge in [-0.25, -0.2) is 8.42 Å². The van der Waals surface area contributed by atoms with E-state index in [1.807, 2.05) is 13.8 Å². The molecule has 0 aliphatic heterocycles. The van der Waals surface area contributed by atoms with Gasteiger partial charge in [0.05, 0.1) is 11.4 Å². The summed E-state index contributed by atoms with van der Waals surface area (Å²) in [5.74, 6) is -0.339. The Bertz CT molecular complexity index is 639. The highest BCUT2D eigenvalue weighted by molar-refractivity contribution is 7.89. The molecule has 1 aromatic rings. The molecule has 0 spiro atoms. The Labute approximate surface area is 126 Å². The van der Waals surface area contributed by atoms with E-state index in [0.717, 1.165) is 9.87 Å². The second-order valence-electron chi connectivity index (χ2n) is 5.46. The van der Waals surface area contributed by atoms with Gasteiger partial charge in [0.25, 0.3) is 0 Å². The molecular weight excluding hydrogens is 290 g/mol. The number of nitrogens with one attached hydrogen (secondary N) is 1. The number of nitrogen functional groups attached to an aromatic ring is 1. The highest BCUT2D eigenvalue weighted by Gasteiger charge is 2.25. The smallest absolute Gasteiger partial charge is 0.243 e. The summed E-state index contributed by atoms with van der Waals surface area (Å²) in [4.78, 5) is 11.9. The third-order valence-electron chi connectivity index (χ3n) is 3.05. The van der Waals surface area contributed by atoms with Gasteiger partial charge in [-0.2, -0.15) is 4.31 Å². The maximum absolute atomic E-state index is 12.6. The number of hydrogen-bond acceptors (Lipinski definition) is 4. The fourth-order valence-electron chi connectivity index (χ4n) is 1.94. The molecule has 0 atom stereocenters. The van der Waals surface area contributed by atoms with Crippen molar-refractivity contribution in [3.05, 3.63) is 23.3 Å². The lowest BCUT2D eigenvalue weighted by Crippen LogP contribution is -2.41. The number of carbonyl (C=O) groups excluding carboxylic acids is 1. The van der Waals surface area contributed by atoms with Gasteiger partial charge in [-0.05, 0) is 51.0 Å². The van der Waals surface area contributed by atoms with Gasteiger partial charge in [0.2, 0.25) is 15.9 Å². The van der Waals surface area contributed by atoms with E-state index in [9.17, 15) is 13.2 Å². The number of hydrogen-bond donors (Lipinski definition) is 2. The summed E-state index contributed by atoms with van der Waals surface area (Å²) in [5, 5.41) is 2.66. The lowest BCUT2D eigenvalue weighted by molar-refractivity contribution is -0.121. The molecule has 0 radical (unpaired) electrons. The lowest BCUT2D eigenvalue weighted by Gasteiger charge is -2.20. The summed E-state index contributed by atoms with van der Waals surface area (Å²) in [6.45, 7) is 6.84. The van der Waals surface area contributed by atoms with Gasteiger partial charge in [-0.15, -0.1) is 0 Å². The lowest BCUT2D eigenvalue weighted by atomic mass is 10.1. The predicted octanol–water partition coefficient (Wildman–Crippen LogP) is 1.03. The first-order valence-corrected chi connectivity index (χ1v) is 8.12. The molecule has 0 saturated carbocycles. The van der Waals surface area contributed by atoms with Crippen LogP contribution in [0.1, 0.15) is 25.0 Å². The van der Waals surface area contributed by atoms with Gasteiger partial charge < -0.3 is 11.1 Å². The molecule has 0 aromatic heterocycles. The van der Waals surface area contributed by atoms with E-state index >= 15 is 0 Å². The van der Waals surface area contributed by atoms with Crippen LogP contribution in [0, 0.1) is 13.8 Å². The first-order valence-electron chi connectivity index (χ1n) is 6.68. The summed E-state index contributed by atoms with van der Waals surface area (Å²) >= 11 is 0. The molecule has 3 N–H and O–H groups in total. The van der Waals surface area contributed by atoms with Crippen LogP contribution in [-0.4, -0.2) is 38.3 Å². The number of aryl methyl sites for hydroxylation is 1. The molecule has 21 heavy (non-hydrogen) atoms. The standard InChI is InChI=1S/C14H23N3O3S/c1-9(2)16-14(18)8-17(5)21(19,20)13-7-10(3)6-12(15)11(13)4/h6-7,9H,8,15H2,1-5H3,(H,16,18). The molecule has 1 aromatic carbocycles. The Kier molecular flexibility index (Phi) is 5.36. The number of nitrogens with zero attached hydrogens (tertiary/aromatic N) is 1. The second kappa shape index (κ2) is 6.44. The maximum Gasteiger partial charge on any atom is 0.243 e. The highest BCUT2D eigenvalue weighted by Crippen LogP contribution is 2.25. The average molecular weight is 313 g/mol. The fourth-order valence-corrected chi connectivity index (χ4v) is 3.41. The second-order valence-corrected chi connectivity index (χ2v) is 7.47. The molecular formula is C14H23N3O3S. The van der Waals surface area contributed by atoms with E-state index in [2.05, 4.69) is 5.32 Å². The summed E-state index contributed by atoms with van der Waals surface area (Å²) < 4.78 is 26.2. The molecule has 0 fully saturated rings. The normalized spacial score (nSPS) is 12.0. The highest BCUT2D eigenvalue weighted by atomic mass is 32.2. The summed E-state index contributed by atoms with van der Waals surface area (Å²) in [7, 11) is -2.37. The van der Waals surface area contributed by atoms with E-state index < -0.39 is 10.0 Å². The Morgan fingerprint density at radius 3 is 2.43 bits per heavy atom. The van der Waals surface area contributed by atoms with Crippen LogP contribution < -0.4 is 11.1 Å². The minimum Gasteiger partial charge on any atom is -0.398 e. The summed E-state index contributed by atoms with van der Waals surface area (Å²) in [6, 6.07) is 3.25. The van der Waals surface area contributed by atoms with Gasteiger partial charge in [0.15, 0.2) is 0 Å². The number of anilines is 1. The fraction of sp³-hybridized carbons (Fsp3) is 0.500. The van der Waals surface area contributed by atoms with Crippen molar-refractivity contribution in [2.45, 2.75) is 38.6 Å². The van der Waals surface area contributed by atoms with E-state index in [1.165, 1.54) is 7.05 Å². The third-order valence-corrected chi connectivity index (χ3v) is 4.98. The van der Waals surface area contributed by atoms with Gasteiger partial charge in [-0.3, -0.25) is 4.79 Å². The Morgan fingerprint density at radius 1 is 1.33 bits per heavy atom. The Hall–Kier alpha value is -1.60. The van der Waals surface area contributed by atoms with Crippen molar-refractivity contribution in [2.75, 3.05) is 19.3 Å². The van der Waals surface area contributed by atoms with Crippen molar-refractivity contribution < 1.29 is 13.2 Å². The molecule has 6 nitrogen and oxygen atoms in total. The SMILES string of the molecule is Cc1cc(N)c(C)c(S(=O)(=O)N(C)CC(=O)NC(C)C)c1. The topological polar surface area (TPSA) is 92.5 Å². The van der Waals surface area contributed by atoms with E-state index in [-0.39, 0.29) is 23.4 Å². The summed E-state index contributed by atoms with van der Waals surface area (Å²) in [5.41, 5.74) is 7.51. The molecule has 0 unspecified atom stereocenters. The number of amides is 1. The van der Waals surface area contributed by atoms with Gasteiger partial charge in [-0.1, -0.05) is 0 Å². The molecule has 0 saturated heterocycles. The average Bonchev–Trinajstić information content (AvgIpc) is 2.32. The number of carbonyl (C=O) groups is 1. The minimum atomic E-state index is -3.75. The Morgan fingerprint density at radius 2 is 1.90 bits per heavy atom. The zero-order valence-electron chi connectivity index (χ0n) is 13.1. The zero-order chi connectivity index (χ0) is 16.4. The molecule has 0 heterocycles. The number of nitrogens with two attached hydrogens (primary N) is 1.